The minimum absolute atomic E-state index is 0.108. The zero-order valence-electron chi connectivity index (χ0n) is 24.0. The standard InChI is InChI=1S/C25H49N4O10P/c1-3-40-29-25(32)22(28-24(31)8-11-34-13-12-33-2)6-4-5-9-27-23(30)7-10-35-14-15-36-16-17-37-18-19-38-20-21-39-26/h3,22H,4-21,26H2,1-2H3,(H,27,30)(H,28,31)(H,29,32). The highest BCUT2D eigenvalue weighted by Crippen LogP contribution is 2.04. The van der Waals surface area contributed by atoms with E-state index in [0.717, 1.165) is 0 Å². The van der Waals surface area contributed by atoms with Crippen LogP contribution in [-0.2, 0) is 47.6 Å². The van der Waals surface area contributed by atoms with Gasteiger partial charge in [-0.15, -0.1) is 0 Å². The lowest BCUT2D eigenvalue weighted by atomic mass is 10.1. The molecule has 15 heteroatoms. The fourth-order valence-electron chi connectivity index (χ4n) is 2.97. The van der Waals surface area contributed by atoms with Crippen LogP contribution in [0.2, 0.25) is 0 Å². The molecule has 5 N–H and O–H groups in total. The number of nitrogens with one attached hydrogen (secondary N) is 3. The number of amides is 3. The van der Waals surface area contributed by atoms with E-state index in [1.165, 1.54) is 0 Å². The van der Waals surface area contributed by atoms with Gasteiger partial charge in [-0.3, -0.25) is 14.4 Å². The normalized spacial score (nSPS) is 12.0. The number of hydrogen-bond donors (Lipinski definition) is 4. The number of nitrogens with two attached hydrogens (primary N) is 1. The van der Waals surface area contributed by atoms with Crippen LogP contribution >= 0.6 is 8.35 Å². The van der Waals surface area contributed by atoms with Gasteiger partial charge >= 0.3 is 0 Å². The maximum absolute atomic E-state index is 12.4. The van der Waals surface area contributed by atoms with Crippen molar-refractivity contribution in [3.8, 4) is 0 Å². The Morgan fingerprint density at radius 1 is 0.750 bits per heavy atom. The maximum atomic E-state index is 12.4. The summed E-state index contributed by atoms with van der Waals surface area (Å²) in [5.41, 5.74) is 0. The van der Waals surface area contributed by atoms with Crippen molar-refractivity contribution in [1.29, 1.82) is 0 Å². The number of unbranched alkanes of at least 4 members (excludes halogenated alkanes) is 1. The first-order valence-electron chi connectivity index (χ1n) is 13.6. The first-order chi connectivity index (χ1) is 19.5. The van der Waals surface area contributed by atoms with Gasteiger partial charge in [-0.2, -0.15) is 0 Å². The third-order valence-corrected chi connectivity index (χ3v) is 5.65. The van der Waals surface area contributed by atoms with E-state index in [0.29, 0.717) is 107 Å². The predicted molar refractivity (Wildman–Crippen MR) is 151 cm³/mol. The van der Waals surface area contributed by atoms with Crippen molar-refractivity contribution in [2.75, 3.05) is 92.9 Å². The van der Waals surface area contributed by atoms with Crippen LogP contribution < -0.4 is 21.6 Å². The van der Waals surface area contributed by atoms with Crippen LogP contribution in [-0.4, -0.2) is 122 Å². The number of carbonyl (C=O) groups is 3. The SMILES string of the molecule is CC=PNC(=O)C(CCCCNC(=O)CCOCCOCCOCCOCCON)NC(=O)CCOCCOC. The Morgan fingerprint density at radius 3 is 1.82 bits per heavy atom. The van der Waals surface area contributed by atoms with E-state index in [1.807, 2.05) is 6.92 Å². The molecule has 14 nitrogen and oxygen atoms in total. The van der Waals surface area contributed by atoms with Crippen LogP contribution in [0, 0.1) is 0 Å². The maximum Gasteiger partial charge on any atom is 0.249 e. The second-order valence-corrected chi connectivity index (χ2v) is 9.25. The second kappa shape index (κ2) is 30.2. The second-order valence-electron chi connectivity index (χ2n) is 8.25. The first kappa shape index (κ1) is 38.3. The van der Waals surface area contributed by atoms with Gasteiger partial charge in [0, 0.05) is 34.9 Å². The van der Waals surface area contributed by atoms with Gasteiger partial charge in [-0.05, 0) is 32.0 Å². The summed E-state index contributed by atoms with van der Waals surface area (Å²) in [5.74, 6) is 6.07. The van der Waals surface area contributed by atoms with Crippen molar-refractivity contribution < 1.29 is 47.6 Å². The topological polar surface area (TPSA) is 178 Å². The van der Waals surface area contributed by atoms with Gasteiger partial charge in [0.15, 0.2) is 0 Å². The molecule has 0 aromatic carbocycles. The van der Waals surface area contributed by atoms with Gasteiger partial charge in [0.25, 0.3) is 0 Å². The van der Waals surface area contributed by atoms with Crippen LogP contribution in [0.4, 0.5) is 0 Å². The molecule has 0 saturated heterocycles. The van der Waals surface area contributed by atoms with Gasteiger partial charge in [-0.1, -0.05) is 0 Å². The van der Waals surface area contributed by atoms with Crippen molar-refractivity contribution in [2.24, 2.45) is 5.90 Å². The zero-order chi connectivity index (χ0) is 29.5. The van der Waals surface area contributed by atoms with Crippen LogP contribution in [0.1, 0.15) is 39.0 Å². The van der Waals surface area contributed by atoms with E-state index in [4.69, 9.17) is 34.3 Å². The molecule has 0 aliphatic carbocycles. The lowest BCUT2D eigenvalue weighted by Gasteiger charge is -2.17. The average molecular weight is 597 g/mol. The molecule has 0 bridgehead atoms. The third kappa shape index (κ3) is 26.5. The quantitative estimate of drug-likeness (QED) is 0.0517. The molecule has 234 valence electrons. The van der Waals surface area contributed by atoms with Crippen LogP contribution in [0.25, 0.3) is 0 Å². The van der Waals surface area contributed by atoms with E-state index in [2.05, 4.69) is 20.6 Å². The molecule has 0 saturated carbocycles. The highest BCUT2D eigenvalue weighted by molar-refractivity contribution is 7.37. The Balaban J connectivity index is 3.84. The van der Waals surface area contributed by atoms with Gasteiger partial charge < -0.3 is 49.0 Å². The van der Waals surface area contributed by atoms with E-state index >= 15 is 0 Å². The number of ether oxygens (including phenoxy) is 6. The van der Waals surface area contributed by atoms with E-state index in [9.17, 15) is 14.4 Å². The lowest BCUT2D eigenvalue weighted by Crippen LogP contribution is -2.44. The molecule has 0 radical (unpaired) electrons. The van der Waals surface area contributed by atoms with Crippen molar-refractivity contribution in [1.82, 2.24) is 15.7 Å². The van der Waals surface area contributed by atoms with Crippen molar-refractivity contribution in [3.63, 3.8) is 0 Å². The fraction of sp³-hybridized carbons (Fsp3) is 0.840. The van der Waals surface area contributed by atoms with Crippen LogP contribution in [0.3, 0.4) is 0 Å². The molecule has 0 rings (SSSR count). The molecule has 0 aliphatic rings. The number of carbonyl (C=O) groups excluding carboxylic acids is 3. The van der Waals surface area contributed by atoms with Gasteiger partial charge in [-0.25, -0.2) is 5.90 Å². The molecule has 40 heavy (non-hydrogen) atoms. The minimum atomic E-state index is -0.646. The number of methoxy groups -OCH3 is 1. The summed E-state index contributed by atoms with van der Waals surface area (Å²) in [5, 5.41) is 8.36. The number of rotatable bonds is 29. The number of hydrogen-bond acceptors (Lipinski definition) is 11. The third-order valence-electron chi connectivity index (χ3n) is 5.04. The molecule has 1 atom stereocenters. The summed E-state index contributed by atoms with van der Waals surface area (Å²) < 4.78 is 31.6. The Kier molecular flexibility index (Phi) is 28.9. The highest BCUT2D eigenvalue weighted by atomic mass is 31.1. The lowest BCUT2D eigenvalue weighted by molar-refractivity contribution is -0.128. The molecule has 0 aromatic rings. The molecule has 1 unspecified atom stereocenters. The summed E-state index contributed by atoms with van der Waals surface area (Å²) in [6.07, 6.45) is 2.20. The van der Waals surface area contributed by atoms with Crippen molar-refractivity contribution >= 4 is 31.9 Å². The summed E-state index contributed by atoms with van der Waals surface area (Å²) >= 11 is 0. The zero-order valence-corrected chi connectivity index (χ0v) is 24.9. The van der Waals surface area contributed by atoms with Crippen molar-refractivity contribution in [2.45, 2.75) is 45.1 Å². The van der Waals surface area contributed by atoms with E-state index in [1.54, 1.807) is 12.9 Å². The van der Waals surface area contributed by atoms with Gasteiger partial charge in [0.05, 0.1) is 79.3 Å². The molecule has 0 aromatic heterocycles. The molecule has 0 fully saturated rings. The van der Waals surface area contributed by atoms with Gasteiger partial charge in [0.1, 0.15) is 6.04 Å². The molecule has 0 heterocycles. The Hall–Kier alpha value is -1.74. The summed E-state index contributed by atoms with van der Waals surface area (Å²) in [6, 6.07) is -0.646. The largest absolute Gasteiger partial charge is 0.382 e. The highest BCUT2D eigenvalue weighted by Gasteiger charge is 2.19. The average Bonchev–Trinajstić information content (AvgIpc) is 2.95. The van der Waals surface area contributed by atoms with Crippen molar-refractivity contribution in [3.05, 3.63) is 0 Å². The minimum Gasteiger partial charge on any atom is -0.382 e. The van der Waals surface area contributed by atoms with E-state index < -0.39 is 6.04 Å². The van der Waals surface area contributed by atoms with Gasteiger partial charge in [0.2, 0.25) is 17.7 Å². The van der Waals surface area contributed by atoms with Crippen LogP contribution in [0.5, 0.6) is 0 Å². The predicted octanol–water partition coefficient (Wildman–Crippen LogP) is -0.0429. The summed E-state index contributed by atoms with van der Waals surface area (Å²) in [7, 11) is 2.25. The molecule has 3 amide bonds. The Morgan fingerprint density at radius 2 is 1.27 bits per heavy atom. The molecule has 0 aliphatic heterocycles. The fourth-order valence-corrected chi connectivity index (χ4v) is 3.39. The molecular formula is C25H49N4O10P. The monoisotopic (exact) mass is 596 g/mol. The molecular weight excluding hydrogens is 547 g/mol. The summed E-state index contributed by atoms with van der Waals surface area (Å²) in [6.45, 7) is 7.14. The summed E-state index contributed by atoms with van der Waals surface area (Å²) in [4.78, 5) is 41.0. The first-order valence-corrected chi connectivity index (χ1v) is 14.5. The Labute approximate surface area is 239 Å². The Bertz CT molecular complexity index is 661. The molecule has 0 spiro atoms. The van der Waals surface area contributed by atoms with E-state index in [-0.39, 0.29) is 37.2 Å². The van der Waals surface area contributed by atoms with Crippen LogP contribution in [0.15, 0.2) is 0 Å². The smallest absolute Gasteiger partial charge is 0.249 e.